The fourth-order valence-corrected chi connectivity index (χ4v) is 3.15. The molecular formula is C21H17F3N6O3. The molecule has 0 spiro atoms. The Morgan fingerprint density at radius 2 is 1.91 bits per heavy atom. The Hall–Kier alpha value is -4.22. The molecule has 0 fully saturated rings. The zero-order valence-corrected chi connectivity index (χ0v) is 17.2. The highest BCUT2D eigenvalue weighted by atomic mass is 19.4. The Morgan fingerprint density at radius 3 is 2.61 bits per heavy atom. The van der Waals surface area contributed by atoms with E-state index in [1.807, 2.05) is 18.2 Å². The number of methoxy groups -OCH3 is 1. The van der Waals surface area contributed by atoms with Gasteiger partial charge in [0.05, 0.1) is 19.2 Å². The Bertz CT molecular complexity index is 1360. The van der Waals surface area contributed by atoms with Crippen LogP contribution in [0.15, 0.2) is 59.7 Å². The normalized spacial score (nSPS) is 11.5. The maximum atomic E-state index is 12.7. The fourth-order valence-electron chi connectivity index (χ4n) is 3.15. The van der Waals surface area contributed by atoms with Gasteiger partial charge in [-0.3, -0.25) is 14.2 Å². The average molecular weight is 458 g/mol. The van der Waals surface area contributed by atoms with Crippen LogP contribution in [0.5, 0.6) is 5.75 Å². The lowest BCUT2D eigenvalue weighted by molar-refractivity contribution is -0.137. The Kier molecular flexibility index (Phi) is 5.82. The van der Waals surface area contributed by atoms with Crippen LogP contribution in [0.3, 0.4) is 0 Å². The van der Waals surface area contributed by atoms with Crippen LogP contribution in [0.2, 0.25) is 0 Å². The molecule has 0 saturated carbocycles. The lowest BCUT2D eigenvalue weighted by atomic mass is 10.2. The fraction of sp³-hybridized carbons (Fsp3) is 0.190. The third-order valence-electron chi connectivity index (χ3n) is 4.77. The number of amides is 1. The van der Waals surface area contributed by atoms with E-state index in [9.17, 15) is 22.8 Å². The summed E-state index contributed by atoms with van der Waals surface area (Å²) in [5.41, 5.74) is -0.129. The second kappa shape index (κ2) is 8.73. The van der Waals surface area contributed by atoms with Gasteiger partial charge in [0.25, 0.3) is 5.56 Å². The molecule has 0 atom stereocenters. The molecule has 170 valence electrons. The van der Waals surface area contributed by atoms with Crippen molar-refractivity contribution in [2.24, 2.45) is 0 Å². The summed E-state index contributed by atoms with van der Waals surface area (Å²) in [5, 5.41) is 10.3. The summed E-state index contributed by atoms with van der Waals surface area (Å²) in [5.74, 6) is 0.0630. The average Bonchev–Trinajstić information content (AvgIpc) is 3.19. The number of nitrogens with one attached hydrogen (secondary N) is 1. The molecule has 2 aromatic carbocycles. The first-order valence-corrected chi connectivity index (χ1v) is 9.63. The van der Waals surface area contributed by atoms with Gasteiger partial charge >= 0.3 is 6.18 Å². The number of carbonyl (C=O) groups excluding carboxylic acids is 1. The molecule has 1 amide bonds. The standard InChI is InChI=1S/C21H17F3N6O3/c1-33-16-4-2-3-13(9-16)10-30-19-18(27-28-30)20(32)29(12-25-19)11-17(31)26-15-7-5-14(6-8-15)21(22,23)24/h2-9,12H,10-11H2,1H3,(H,26,31). The molecule has 0 aliphatic carbocycles. The molecule has 4 aromatic rings. The molecule has 0 saturated heterocycles. The molecule has 33 heavy (non-hydrogen) atoms. The first kappa shape index (κ1) is 22.0. The first-order valence-electron chi connectivity index (χ1n) is 9.63. The van der Waals surface area contributed by atoms with Crippen LogP contribution >= 0.6 is 0 Å². The Balaban J connectivity index is 1.49. The molecular weight excluding hydrogens is 441 g/mol. The van der Waals surface area contributed by atoms with Crippen molar-refractivity contribution in [3.8, 4) is 5.75 Å². The third-order valence-corrected chi connectivity index (χ3v) is 4.77. The highest BCUT2D eigenvalue weighted by Crippen LogP contribution is 2.29. The number of ether oxygens (including phenoxy) is 1. The van der Waals surface area contributed by atoms with Crippen molar-refractivity contribution in [2.45, 2.75) is 19.3 Å². The molecule has 2 heterocycles. The van der Waals surface area contributed by atoms with Crippen molar-refractivity contribution in [1.82, 2.24) is 24.5 Å². The Labute approximate surface area is 184 Å². The molecule has 0 unspecified atom stereocenters. The van der Waals surface area contributed by atoms with Crippen LogP contribution in [0.25, 0.3) is 11.2 Å². The van der Waals surface area contributed by atoms with E-state index in [1.54, 1.807) is 13.2 Å². The number of carbonyl (C=O) groups is 1. The Morgan fingerprint density at radius 1 is 1.15 bits per heavy atom. The van der Waals surface area contributed by atoms with Gasteiger partial charge < -0.3 is 10.1 Å². The topological polar surface area (TPSA) is 104 Å². The van der Waals surface area contributed by atoms with Crippen molar-refractivity contribution >= 4 is 22.8 Å². The van der Waals surface area contributed by atoms with E-state index in [0.717, 1.165) is 34.4 Å². The van der Waals surface area contributed by atoms with E-state index < -0.39 is 29.8 Å². The smallest absolute Gasteiger partial charge is 0.416 e. The molecule has 0 aliphatic rings. The number of anilines is 1. The van der Waals surface area contributed by atoms with E-state index in [0.29, 0.717) is 12.3 Å². The summed E-state index contributed by atoms with van der Waals surface area (Å²) < 4.78 is 45.6. The maximum Gasteiger partial charge on any atom is 0.416 e. The summed E-state index contributed by atoms with van der Waals surface area (Å²) >= 11 is 0. The van der Waals surface area contributed by atoms with Crippen LogP contribution in [0.4, 0.5) is 18.9 Å². The molecule has 0 bridgehead atoms. The van der Waals surface area contributed by atoms with Gasteiger partial charge in [0.1, 0.15) is 18.6 Å². The predicted octanol–water partition coefficient (Wildman–Crippen LogP) is 2.70. The van der Waals surface area contributed by atoms with Crippen molar-refractivity contribution in [1.29, 1.82) is 0 Å². The summed E-state index contributed by atoms with van der Waals surface area (Å²) in [7, 11) is 1.56. The minimum absolute atomic E-state index is 0.0114. The van der Waals surface area contributed by atoms with Gasteiger partial charge in [0, 0.05) is 5.69 Å². The van der Waals surface area contributed by atoms with Gasteiger partial charge in [0.2, 0.25) is 5.91 Å². The molecule has 9 nitrogen and oxygen atoms in total. The largest absolute Gasteiger partial charge is 0.497 e. The highest BCUT2D eigenvalue weighted by Gasteiger charge is 2.30. The van der Waals surface area contributed by atoms with Crippen molar-refractivity contribution < 1.29 is 22.7 Å². The van der Waals surface area contributed by atoms with Gasteiger partial charge in [-0.25, -0.2) is 9.67 Å². The molecule has 1 N–H and O–H groups in total. The number of alkyl halides is 3. The van der Waals surface area contributed by atoms with Gasteiger partial charge in [-0.05, 0) is 42.0 Å². The van der Waals surface area contributed by atoms with Crippen molar-refractivity contribution in [2.75, 3.05) is 12.4 Å². The molecule has 12 heteroatoms. The zero-order valence-electron chi connectivity index (χ0n) is 17.2. The number of rotatable bonds is 6. The lowest BCUT2D eigenvalue weighted by Crippen LogP contribution is -2.28. The first-order chi connectivity index (χ1) is 15.7. The highest BCUT2D eigenvalue weighted by molar-refractivity contribution is 5.90. The molecule has 4 rings (SSSR count). The second-order valence-electron chi connectivity index (χ2n) is 7.07. The lowest BCUT2D eigenvalue weighted by Gasteiger charge is -2.09. The number of aromatic nitrogens is 5. The predicted molar refractivity (Wildman–Crippen MR) is 112 cm³/mol. The third kappa shape index (κ3) is 4.84. The van der Waals surface area contributed by atoms with E-state index in [-0.39, 0.29) is 16.9 Å². The van der Waals surface area contributed by atoms with Crippen LogP contribution in [-0.4, -0.2) is 37.6 Å². The van der Waals surface area contributed by atoms with Crippen LogP contribution in [0.1, 0.15) is 11.1 Å². The number of hydrogen-bond donors (Lipinski definition) is 1. The van der Waals surface area contributed by atoms with Crippen LogP contribution in [-0.2, 0) is 24.1 Å². The second-order valence-corrected chi connectivity index (χ2v) is 7.07. The SMILES string of the molecule is COc1cccc(Cn2nnc3c(=O)n(CC(=O)Nc4ccc(C(F)(F)F)cc4)cnc32)c1. The van der Waals surface area contributed by atoms with Gasteiger partial charge in [0.15, 0.2) is 11.2 Å². The number of fused-ring (bicyclic) bond motifs is 1. The van der Waals surface area contributed by atoms with Crippen molar-refractivity contribution in [3.05, 3.63) is 76.3 Å². The maximum absolute atomic E-state index is 12.7. The van der Waals surface area contributed by atoms with E-state index in [4.69, 9.17) is 4.74 Å². The van der Waals surface area contributed by atoms with E-state index in [2.05, 4.69) is 20.6 Å². The van der Waals surface area contributed by atoms with Gasteiger partial charge in [-0.1, -0.05) is 17.3 Å². The van der Waals surface area contributed by atoms with Gasteiger partial charge in [-0.15, -0.1) is 5.10 Å². The number of halogens is 3. The summed E-state index contributed by atoms with van der Waals surface area (Å²) in [4.78, 5) is 29.2. The quantitative estimate of drug-likeness (QED) is 0.477. The summed E-state index contributed by atoms with van der Waals surface area (Å²) in [6.45, 7) is -0.0932. The van der Waals surface area contributed by atoms with Crippen molar-refractivity contribution in [3.63, 3.8) is 0 Å². The zero-order chi connectivity index (χ0) is 23.6. The minimum Gasteiger partial charge on any atom is -0.497 e. The van der Waals surface area contributed by atoms with E-state index >= 15 is 0 Å². The summed E-state index contributed by atoms with van der Waals surface area (Å²) in [6, 6.07) is 11.3. The monoisotopic (exact) mass is 458 g/mol. The number of hydrogen-bond acceptors (Lipinski definition) is 6. The molecule has 0 radical (unpaired) electrons. The minimum atomic E-state index is -4.47. The summed E-state index contributed by atoms with van der Waals surface area (Å²) in [6.07, 6.45) is -3.27. The van der Waals surface area contributed by atoms with Crippen LogP contribution in [0, 0.1) is 0 Å². The van der Waals surface area contributed by atoms with Gasteiger partial charge in [-0.2, -0.15) is 13.2 Å². The number of nitrogens with zero attached hydrogens (tertiary/aromatic N) is 5. The van der Waals surface area contributed by atoms with Crippen LogP contribution < -0.4 is 15.6 Å². The number of benzene rings is 2. The molecule has 0 aliphatic heterocycles. The van der Waals surface area contributed by atoms with E-state index in [1.165, 1.54) is 11.0 Å². The molecule has 2 aromatic heterocycles.